The summed E-state index contributed by atoms with van der Waals surface area (Å²) in [6, 6.07) is 7.10. The van der Waals surface area contributed by atoms with E-state index in [0.717, 1.165) is 16.8 Å². The topological polar surface area (TPSA) is 64.0 Å². The summed E-state index contributed by atoms with van der Waals surface area (Å²) in [5.74, 6) is -0.248. The second-order valence-electron chi connectivity index (χ2n) is 4.41. The second-order valence-corrected chi connectivity index (χ2v) is 4.41. The predicted molar refractivity (Wildman–Crippen MR) is 73.0 cm³/mol. The van der Waals surface area contributed by atoms with Crippen LogP contribution in [0, 0.1) is 13.8 Å². The summed E-state index contributed by atoms with van der Waals surface area (Å²) < 4.78 is 1.26. The van der Waals surface area contributed by atoms with Crippen molar-refractivity contribution < 1.29 is 4.79 Å². The summed E-state index contributed by atoms with van der Waals surface area (Å²) in [6.45, 7) is 3.88. The van der Waals surface area contributed by atoms with Crippen LogP contribution in [0.4, 0.5) is 5.69 Å². The smallest absolute Gasteiger partial charge is 0.253 e. The maximum atomic E-state index is 11.9. The van der Waals surface area contributed by atoms with E-state index in [1.807, 2.05) is 32.0 Å². The average Bonchev–Trinajstić information content (AvgIpc) is 2.36. The summed E-state index contributed by atoms with van der Waals surface area (Å²) in [6.07, 6.45) is 2.75. The molecule has 5 heteroatoms. The second kappa shape index (κ2) is 5.48. The highest BCUT2D eigenvalue weighted by atomic mass is 16.2. The minimum absolute atomic E-state index is 0.0417. The standard InChI is InChI=1S/C14H15N3O2/c1-10-3-4-12(11(2)7-10)16-13(18)8-17-9-15-6-5-14(17)19/h3-7,9H,8H2,1-2H3,(H,16,18). The molecule has 0 unspecified atom stereocenters. The number of amides is 1. The van der Waals surface area contributed by atoms with E-state index < -0.39 is 0 Å². The Labute approximate surface area is 110 Å². The van der Waals surface area contributed by atoms with Gasteiger partial charge in [-0.3, -0.25) is 14.2 Å². The Morgan fingerprint density at radius 1 is 1.32 bits per heavy atom. The third-order valence-electron chi connectivity index (χ3n) is 2.76. The number of carbonyl (C=O) groups excluding carboxylic acids is 1. The molecule has 0 aliphatic carbocycles. The molecule has 0 aliphatic rings. The molecule has 1 N–H and O–H groups in total. The molecule has 0 atom stereocenters. The third-order valence-corrected chi connectivity index (χ3v) is 2.76. The van der Waals surface area contributed by atoms with Crippen LogP contribution < -0.4 is 10.9 Å². The fourth-order valence-electron chi connectivity index (χ4n) is 1.80. The van der Waals surface area contributed by atoms with Crippen molar-refractivity contribution in [1.82, 2.24) is 9.55 Å². The van der Waals surface area contributed by atoms with E-state index in [0.29, 0.717) is 0 Å². The molecule has 1 aromatic heterocycles. The molecular formula is C14H15N3O2. The highest BCUT2D eigenvalue weighted by molar-refractivity contribution is 5.91. The van der Waals surface area contributed by atoms with E-state index in [1.54, 1.807) is 0 Å². The van der Waals surface area contributed by atoms with E-state index in [2.05, 4.69) is 10.3 Å². The molecule has 1 heterocycles. The number of rotatable bonds is 3. The van der Waals surface area contributed by atoms with Crippen LogP contribution in [0.5, 0.6) is 0 Å². The van der Waals surface area contributed by atoms with E-state index in [-0.39, 0.29) is 18.0 Å². The lowest BCUT2D eigenvalue weighted by atomic mass is 10.1. The summed E-state index contributed by atoms with van der Waals surface area (Å²) in [5, 5.41) is 2.79. The zero-order valence-corrected chi connectivity index (χ0v) is 10.9. The Morgan fingerprint density at radius 3 is 2.79 bits per heavy atom. The lowest BCUT2D eigenvalue weighted by Gasteiger charge is -2.09. The lowest BCUT2D eigenvalue weighted by molar-refractivity contribution is -0.116. The van der Waals surface area contributed by atoms with Crippen molar-refractivity contribution in [3.05, 3.63) is 58.3 Å². The van der Waals surface area contributed by atoms with Gasteiger partial charge in [0, 0.05) is 18.0 Å². The van der Waals surface area contributed by atoms with Gasteiger partial charge in [0.05, 0.1) is 6.33 Å². The van der Waals surface area contributed by atoms with Gasteiger partial charge < -0.3 is 5.32 Å². The van der Waals surface area contributed by atoms with Gasteiger partial charge in [-0.2, -0.15) is 0 Å². The first-order valence-electron chi connectivity index (χ1n) is 5.94. The number of nitrogens with zero attached hydrogens (tertiary/aromatic N) is 2. The minimum atomic E-state index is -0.248. The molecule has 0 spiro atoms. The number of carbonyl (C=O) groups is 1. The number of aromatic nitrogens is 2. The summed E-state index contributed by atoms with van der Waals surface area (Å²) >= 11 is 0. The fraction of sp³-hybridized carbons (Fsp3) is 0.214. The Kier molecular flexibility index (Phi) is 3.75. The predicted octanol–water partition coefficient (Wildman–Crippen LogP) is 1.50. The molecule has 98 valence electrons. The van der Waals surface area contributed by atoms with Gasteiger partial charge in [0.2, 0.25) is 5.91 Å². The Morgan fingerprint density at radius 2 is 2.11 bits per heavy atom. The first-order valence-corrected chi connectivity index (χ1v) is 5.94. The lowest BCUT2D eigenvalue weighted by Crippen LogP contribution is -2.27. The first kappa shape index (κ1) is 13.0. The maximum absolute atomic E-state index is 11.9. The Hall–Kier alpha value is -2.43. The van der Waals surface area contributed by atoms with Crippen LogP contribution in [0.25, 0.3) is 0 Å². The van der Waals surface area contributed by atoms with Crippen molar-refractivity contribution in [2.75, 3.05) is 5.32 Å². The van der Waals surface area contributed by atoms with Crippen molar-refractivity contribution in [2.45, 2.75) is 20.4 Å². The molecule has 5 nitrogen and oxygen atoms in total. The molecule has 0 aliphatic heterocycles. The van der Waals surface area contributed by atoms with Gasteiger partial charge in [0.15, 0.2) is 0 Å². The van der Waals surface area contributed by atoms with Crippen molar-refractivity contribution in [2.24, 2.45) is 0 Å². The molecule has 0 fully saturated rings. The van der Waals surface area contributed by atoms with E-state index in [1.165, 1.54) is 23.2 Å². The largest absolute Gasteiger partial charge is 0.324 e. The highest BCUT2D eigenvalue weighted by Gasteiger charge is 2.06. The number of aryl methyl sites for hydroxylation is 2. The molecule has 0 bridgehead atoms. The summed E-state index contributed by atoms with van der Waals surface area (Å²) in [7, 11) is 0. The molecule has 1 amide bonds. The van der Waals surface area contributed by atoms with Crippen LogP contribution >= 0.6 is 0 Å². The number of hydrogen-bond acceptors (Lipinski definition) is 3. The van der Waals surface area contributed by atoms with Gasteiger partial charge in [0.25, 0.3) is 5.56 Å². The fourth-order valence-corrected chi connectivity index (χ4v) is 1.80. The zero-order valence-electron chi connectivity index (χ0n) is 10.9. The first-order chi connectivity index (χ1) is 9.06. The van der Waals surface area contributed by atoms with Gasteiger partial charge in [-0.25, -0.2) is 4.98 Å². The summed E-state index contributed by atoms with van der Waals surface area (Å²) in [5.41, 5.74) is 2.64. The van der Waals surface area contributed by atoms with Gasteiger partial charge in [-0.05, 0) is 25.5 Å². The average molecular weight is 257 g/mol. The minimum Gasteiger partial charge on any atom is -0.324 e. The highest BCUT2D eigenvalue weighted by Crippen LogP contribution is 2.15. The molecule has 1 aromatic carbocycles. The summed E-state index contributed by atoms with van der Waals surface area (Å²) in [4.78, 5) is 27.2. The van der Waals surface area contributed by atoms with Crippen LogP contribution in [-0.4, -0.2) is 15.5 Å². The van der Waals surface area contributed by atoms with Gasteiger partial charge >= 0.3 is 0 Å². The Balaban J connectivity index is 2.10. The van der Waals surface area contributed by atoms with Crippen molar-refractivity contribution in [3.63, 3.8) is 0 Å². The molecule has 0 saturated heterocycles. The number of nitrogens with one attached hydrogen (secondary N) is 1. The van der Waals surface area contributed by atoms with E-state index >= 15 is 0 Å². The third kappa shape index (κ3) is 3.28. The number of hydrogen-bond donors (Lipinski definition) is 1. The number of benzene rings is 1. The monoisotopic (exact) mass is 257 g/mol. The molecule has 0 radical (unpaired) electrons. The molecule has 0 saturated carbocycles. The normalized spacial score (nSPS) is 10.2. The molecule has 2 aromatic rings. The van der Waals surface area contributed by atoms with Gasteiger partial charge in [0.1, 0.15) is 6.54 Å². The molecule has 2 rings (SSSR count). The SMILES string of the molecule is Cc1ccc(NC(=O)Cn2cnccc2=O)c(C)c1. The van der Waals surface area contributed by atoms with Crippen molar-refractivity contribution >= 4 is 11.6 Å². The van der Waals surface area contributed by atoms with Gasteiger partial charge in [-0.15, -0.1) is 0 Å². The van der Waals surface area contributed by atoms with Crippen molar-refractivity contribution in [3.8, 4) is 0 Å². The zero-order chi connectivity index (χ0) is 13.8. The van der Waals surface area contributed by atoms with Crippen LogP contribution in [-0.2, 0) is 11.3 Å². The van der Waals surface area contributed by atoms with Crippen LogP contribution in [0.2, 0.25) is 0 Å². The van der Waals surface area contributed by atoms with Crippen molar-refractivity contribution in [1.29, 1.82) is 0 Å². The number of anilines is 1. The quantitative estimate of drug-likeness (QED) is 0.906. The molecule has 19 heavy (non-hydrogen) atoms. The Bertz CT molecular complexity index is 662. The van der Waals surface area contributed by atoms with Crippen LogP contribution in [0.15, 0.2) is 41.6 Å². The van der Waals surface area contributed by atoms with E-state index in [9.17, 15) is 9.59 Å². The maximum Gasteiger partial charge on any atom is 0.253 e. The van der Waals surface area contributed by atoms with E-state index in [4.69, 9.17) is 0 Å². The molecular weight excluding hydrogens is 242 g/mol. The van der Waals surface area contributed by atoms with Crippen LogP contribution in [0.1, 0.15) is 11.1 Å². The van der Waals surface area contributed by atoms with Gasteiger partial charge in [-0.1, -0.05) is 17.7 Å². The van der Waals surface area contributed by atoms with Crippen LogP contribution in [0.3, 0.4) is 0 Å².